The van der Waals surface area contributed by atoms with Crippen molar-refractivity contribution in [1.29, 1.82) is 0 Å². The fourth-order valence-corrected chi connectivity index (χ4v) is 3.26. The molecule has 0 aromatic heterocycles. The lowest BCUT2D eigenvalue weighted by Crippen LogP contribution is -2.35. The maximum absolute atomic E-state index is 13.1. The maximum atomic E-state index is 13.1. The Hall–Kier alpha value is -1.43. The van der Waals surface area contributed by atoms with E-state index in [9.17, 15) is 13.4 Å². The van der Waals surface area contributed by atoms with Crippen LogP contribution in [0.5, 0.6) is 0 Å². The first-order chi connectivity index (χ1) is 9.04. The average molecular weight is 284 g/mol. The Morgan fingerprint density at radius 2 is 2.05 bits per heavy atom. The first-order valence-electron chi connectivity index (χ1n) is 6.28. The lowest BCUT2D eigenvalue weighted by Gasteiger charge is -2.11. The third kappa shape index (κ3) is 4.02. The highest BCUT2D eigenvalue weighted by molar-refractivity contribution is 7.85. The van der Waals surface area contributed by atoms with Crippen LogP contribution in [-0.4, -0.2) is 21.9 Å². The van der Waals surface area contributed by atoms with Crippen LogP contribution in [0.15, 0.2) is 23.1 Å². The topological polar surface area (TPSA) is 72.2 Å². The molecule has 1 aliphatic rings. The maximum Gasteiger partial charge on any atom is 0.233 e. The van der Waals surface area contributed by atoms with Crippen molar-refractivity contribution < 1.29 is 13.4 Å². The molecule has 19 heavy (non-hydrogen) atoms. The number of benzene rings is 1. The van der Waals surface area contributed by atoms with Gasteiger partial charge in [-0.25, -0.2) is 4.39 Å². The highest BCUT2D eigenvalue weighted by Gasteiger charge is 2.19. The molecule has 1 aromatic carbocycles. The number of hydrogen-bond acceptors (Lipinski definition) is 3. The van der Waals surface area contributed by atoms with Gasteiger partial charge < -0.3 is 11.1 Å². The fourth-order valence-electron chi connectivity index (χ4n) is 2.26. The number of hydrogen-bond donors (Lipinski definition) is 2. The third-order valence-electron chi connectivity index (χ3n) is 3.14. The normalized spacial score (nSPS) is 17.3. The SMILES string of the molecule is Nc1cc(F)cc(S(=O)CC(=O)NC2CCCC2)c1. The van der Waals surface area contributed by atoms with E-state index in [1.165, 1.54) is 6.07 Å². The van der Waals surface area contributed by atoms with Crippen molar-refractivity contribution in [2.24, 2.45) is 0 Å². The van der Waals surface area contributed by atoms with Crippen LogP contribution < -0.4 is 11.1 Å². The van der Waals surface area contributed by atoms with Crippen molar-refractivity contribution in [1.82, 2.24) is 5.32 Å². The van der Waals surface area contributed by atoms with E-state index in [1.807, 2.05) is 0 Å². The molecule has 6 heteroatoms. The lowest BCUT2D eigenvalue weighted by molar-refractivity contribution is -0.119. The second kappa shape index (κ2) is 6.14. The minimum atomic E-state index is -1.57. The molecule has 1 atom stereocenters. The molecule has 1 aromatic rings. The van der Waals surface area contributed by atoms with Crippen molar-refractivity contribution >= 4 is 22.4 Å². The molecule has 1 saturated carbocycles. The number of carbonyl (C=O) groups is 1. The molecule has 1 fully saturated rings. The smallest absolute Gasteiger partial charge is 0.233 e. The van der Waals surface area contributed by atoms with E-state index in [-0.39, 0.29) is 28.3 Å². The molecule has 0 heterocycles. The quantitative estimate of drug-likeness (QED) is 0.824. The van der Waals surface area contributed by atoms with Crippen LogP contribution in [-0.2, 0) is 15.6 Å². The lowest BCUT2D eigenvalue weighted by atomic mass is 10.2. The molecule has 0 radical (unpaired) electrons. The van der Waals surface area contributed by atoms with Gasteiger partial charge in [0.1, 0.15) is 11.6 Å². The Labute approximate surface area is 114 Å². The number of nitrogen functional groups attached to an aromatic ring is 1. The number of amides is 1. The Morgan fingerprint density at radius 3 is 2.68 bits per heavy atom. The van der Waals surface area contributed by atoms with Crippen molar-refractivity contribution in [3.8, 4) is 0 Å². The summed E-state index contributed by atoms with van der Waals surface area (Å²) < 4.78 is 25.1. The van der Waals surface area contributed by atoms with Gasteiger partial charge in [0, 0.05) is 16.6 Å². The summed E-state index contributed by atoms with van der Waals surface area (Å²) in [4.78, 5) is 12.0. The van der Waals surface area contributed by atoms with Gasteiger partial charge in [-0.1, -0.05) is 12.8 Å². The van der Waals surface area contributed by atoms with Gasteiger partial charge in [-0.2, -0.15) is 0 Å². The zero-order valence-corrected chi connectivity index (χ0v) is 11.3. The third-order valence-corrected chi connectivity index (χ3v) is 4.42. The summed E-state index contributed by atoms with van der Waals surface area (Å²) in [6, 6.07) is 3.93. The minimum absolute atomic E-state index is 0.153. The van der Waals surface area contributed by atoms with Gasteiger partial charge in [-0.3, -0.25) is 9.00 Å². The standard InChI is InChI=1S/C13H17FN2O2S/c14-9-5-10(15)7-12(6-9)19(18)8-13(17)16-11-3-1-2-4-11/h5-7,11H,1-4,8,15H2,(H,16,17). The van der Waals surface area contributed by atoms with Gasteiger partial charge in [-0.15, -0.1) is 0 Å². The van der Waals surface area contributed by atoms with Gasteiger partial charge in [-0.05, 0) is 31.0 Å². The van der Waals surface area contributed by atoms with Crippen molar-refractivity contribution in [2.75, 3.05) is 11.5 Å². The minimum Gasteiger partial charge on any atom is -0.399 e. The van der Waals surface area contributed by atoms with E-state index in [4.69, 9.17) is 5.73 Å². The van der Waals surface area contributed by atoms with Crippen molar-refractivity contribution in [2.45, 2.75) is 36.6 Å². The highest BCUT2D eigenvalue weighted by atomic mass is 32.2. The summed E-state index contributed by atoms with van der Waals surface area (Å²) in [6.45, 7) is 0. The Balaban J connectivity index is 1.94. The van der Waals surface area contributed by atoms with E-state index in [0.717, 1.165) is 37.8 Å². The molecule has 0 aliphatic heterocycles. The van der Waals surface area contributed by atoms with Crippen molar-refractivity contribution in [3.63, 3.8) is 0 Å². The number of nitrogens with one attached hydrogen (secondary N) is 1. The molecule has 3 N–H and O–H groups in total. The molecule has 2 rings (SSSR count). The fraction of sp³-hybridized carbons (Fsp3) is 0.462. The molecular formula is C13H17FN2O2S. The van der Waals surface area contributed by atoms with Crippen molar-refractivity contribution in [3.05, 3.63) is 24.0 Å². The van der Waals surface area contributed by atoms with E-state index in [2.05, 4.69) is 5.32 Å². The Morgan fingerprint density at radius 1 is 1.37 bits per heavy atom. The number of rotatable bonds is 4. The summed E-state index contributed by atoms with van der Waals surface area (Å²) in [6.07, 6.45) is 4.19. The van der Waals surface area contributed by atoms with Crippen LogP contribution in [0.2, 0.25) is 0 Å². The molecule has 0 bridgehead atoms. The number of halogens is 1. The average Bonchev–Trinajstić information content (AvgIpc) is 2.80. The summed E-state index contributed by atoms with van der Waals surface area (Å²) >= 11 is 0. The number of anilines is 1. The molecule has 1 aliphatic carbocycles. The highest BCUT2D eigenvalue weighted by Crippen LogP contribution is 2.18. The molecular weight excluding hydrogens is 267 g/mol. The summed E-state index contributed by atoms with van der Waals surface area (Å²) in [7, 11) is -1.57. The molecule has 104 valence electrons. The van der Waals surface area contributed by atoms with Crippen LogP contribution in [0.25, 0.3) is 0 Å². The summed E-state index contributed by atoms with van der Waals surface area (Å²) in [5.74, 6) is -0.952. The van der Waals surface area contributed by atoms with Crippen LogP contribution in [0.1, 0.15) is 25.7 Å². The molecule has 1 unspecified atom stereocenters. The van der Waals surface area contributed by atoms with Gasteiger partial charge in [0.2, 0.25) is 5.91 Å². The monoisotopic (exact) mass is 284 g/mol. The van der Waals surface area contributed by atoms with E-state index in [1.54, 1.807) is 0 Å². The number of carbonyl (C=O) groups excluding carboxylic acids is 1. The first kappa shape index (κ1) is 14.0. The van der Waals surface area contributed by atoms with Crippen LogP contribution >= 0.6 is 0 Å². The van der Waals surface area contributed by atoms with Gasteiger partial charge in [0.05, 0.1) is 10.8 Å². The molecule has 0 spiro atoms. The van der Waals surface area contributed by atoms with Gasteiger partial charge in [0.15, 0.2) is 0 Å². The van der Waals surface area contributed by atoms with Gasteiger partial charge >= 0.3 is 0 Å². The van der Waals surface area contributed by atoms with Crippen LogP contribution in [0.4, 0.5) is 10.1 Å². The van der Waals surface area contributed by atoms with E-state index >= 15 is 0 Å². The van der Waals surface area contributed by atoms with E-state index < -0.39 is 16.6 Å². The second-order valence-electron chi connectivity index (χ2n) is 4.76. The zero-order valence-electron chi connectivity index (χ0n) is 10.5. The van der Waals surface area contributed by atoms with Crippen LogP contribution in [0.3, 0.4) is 0 Å². The molecule has 4 nitrogen and oxygen atoms in total. The Bertz CT molecular complexity index is 481. The Kier molecular flexibility index (Phi) is 4.52. The second-order valence-corrected chi connectivity index (χ2v) is 6.21. The summed E-state index contributed by atoms with van der Waals surface area (Å²) in [5.41, 5.74) is 5.69. The number of nitrogens with two attached hydrogens (primary N) is 1. The van der Waals surface area contributed by atoms with Gasteiger partial charge in [0.25, 0.3) is 0 Å². The van der Waals surface area contributed by atoms with Crippen LogP contribution in [0, 0.1) is 5.82 Å². The molecule has 1 amide bonds. The molecule has 0 saturated heterocycles. The zero-order chi connectivity index (χ0) is 13.8. The summed E-state index contributed by atoms with van der Waals surface area (Å²) in [5, 5.41) is 2.85. The predicted molar refractivity (Wildman–Crippen MR) is 72.5 cm³/mol. The largest absolute Gasteiger partial charge is 0.399 e. The van der Waals surface area contributed by atoms with E-state index in [0.29, 0.717) is 0 Å². The first-order valence-corrected chi connectivity index (χ1v) is 7.60. The predicted octanol–water partition coefficient (Wildman–Crippen LogP) is 1.57.